The van der Waals surface area contributed by atoms with Gasteiger partial charge in [0.2, 0.25) is 5.91 Å². The predicted octanol–water partition coefficient (Wildman–Crippen LogP) is 4.06. The van der Waals surface area contributed by atoms with E-state index in [-0.39, 0.29) is 5.91 Å². The Morgan fingerprint density at radius 1 is 1.27 bits per heavy atom. The third-order valence-electron chi connectivity index (χ3n) is 3.88. The standard InChI is InChI=1S/C18H19NO3/c1-12-11-16(12)17-9-7-15(22-17)8-10-18(20)19-13-3-5-14(21-2)6-4-13/h3-10,12,16H,11H2,1-2H3,(H,19,20)/b10-8+/t12-,16-/m0/s1. The van der Waals surface area contributed by atoms with Gasteiger partial charge in [-0.15, -0.1) is 0 Å². The topological polar surface area (TPSA) is 51.5 Å². The van der Waals surface area contributed by atoms with Gasteiger partial charge < -0.3 is 14.5 Å². The first kappa shape index (κ1) is 14.4. The Balaban J connectivity index is 1.57. The Morgan fingerprint density at radius 2 is 2.00 bits per heavy atom. The van der Waals surface area contributed by atoms with Crippen molar-refractivity contribution in [3.8, 4) is 5.75 Å². The zero-order valence-corrected chi connectivity index (χ0v) is 12.7. The first-order valence-electron chi connectivity index (χ1n) is 7.38. The maximum atomic E-state index is 11.9. The summed E-state index contributed by atoms with van der Waals surface area (Å²) in [6.45, 7) is 2.21. The summed E-state index contributed by atoms with van der Waals surface area (Å²) in [5.41, 5.74) is 0.724. The molecule has 4 heteroatoms. The van der Waals surface area contributed by atoms with Gasteiger partial charge in [0, 0.05) is 17.7 Å². The molecule has 1 amide bonds. The largest absolute Gasteiger partial charge is 0.497 e. The average Bonchev–Trinajstić information content (AvgIpc) is 3.08. The van der Waals surface area contributed by atoms with E-state index in [0.717, 1.165) is 17.2 Å². The molecule has 1 aromatic heterocycles. The van der Waals surface area contributed by atoms with Gasteiger partial charge in [-0.25, -0.2) is 0 Å². The highest BCUT2D eigenvalue weighted by molar-refractivity contribution is 6.01. The smallest absolute Gasteiger partial charge is 0.248 e. The molecule has 0 aliphatic heterocycles. The summed E-state index contributed by atoms with van der Waals surface area (Å²) in [6, 6.07) is 11.1. The Kier molecular flexibility index (Phi) is 4.00. The summed E-state index contributed by atoms with van der Waals surface area (Å²) >= 11 is 0. The van der Waals surface area contributed by atoms with Crippen molar-refractivity contribution in [1.82, 2.24) is 0 Å². The lowest BCUT2D eigenvalue weighted by molar-refractivity contribution is -0.111. The Bertz CT molecular complexity index is 685. The fourth-order valence-electron chi connectivity index (χ4n) is 2.39. The molecule has 0 unspecified atom stereocenters. The van der Waals surface area contributed by atoms with Crippen molar-refractivity contribution in [3.05, 3.63) is 54.0 Å². The number of furan rings is 1. The summed E-state index contributed by atoms with van der Waals surface area (Å²) in [6.07, 6.45) is 4.35. The Labute approximate surface area is 129 Å². The maximum absolute atomic E-state index is 11.9. The molecule has 22 heavy (non-hydrogen) atoms. The molecule has 1 aliphatic rings. The Hall–Kier alpha value is -2.49. The van der Waals surface area contributed by atoms with Crippen molar-refractivity contribution in [2.24, 2.45) is 5.92 Å². The van der Waals surface area contributed by atoms with Crippen LogP contribution in [-0.4, -0.2) is 13.0 Å². The third kappa shape index (κ3) is 3.39. The maximum Gasteiger partial charge on any atom is 0.248 e. The minimum absolute atomic E-state index is 0.192. The van der Waals surface area contributed by atoms with Crippen molar-refractivity contribution in [2.45, 2.75) is 19.3 Å². The quantitative estimate of drug-likeness (QED) is 0.847. The van der Waals surface area contributed by atoms with Crippen LogP contribution < -0.4 is 10.1 Å². The van der Waals surface area contributed by atoms with E-state index in [1.165, 1.54) is 12.5 Å². The van der Waals surface area contributed by atoms with Gasteiger partial charge in [-0.2, -0.15) is 0 Å². The molecule has 4 nitrogen and oxygen atoms in total. The second-order valence-electron chi connectivity index (χ2n) is 5.61. The molecule has 2 atom stereocenters. The molecule has 3 rings (SSSR count). The number of nitrogens with one attached hydrogen (secondary N) is 1. The van der Waals surface area contributed by atoms with Crippen molar-refractivity contribution >= 4 is 17.7 Å². The van der Waals surface area contributed by atoms with Gasteiger partial charge in [-0.1, -0.05) is 6.92 Å². The lowest BCUT2D eigenvalue weighted by Crippen LogP contribution is -2.07. The second-order valence-corrected chi connectivity index (χ2v) is 5.61. The molecule has 1 aliphatic carbocycles. The molecule has 1 aromatic carbocycles. The molecule has 0 radical (unpaired) electrons. The van der Waals surface area contributed by atoms with Crippen LogP contribution in [0.2, 0.25) is 0 Å². The van der Waals surface area contributed by atoms with Crippen LogP contribution >= 0.6 is 0 Å². The van der Waals surface area contributed by atoms with Crippen molar-refractivity contribution < 1.29 is 13.9 Å². The van der Waals surface area contributed by atoms with Gasteiger partial charge in [-0.3, -0.25) is 4.79 Å². The minimum atomic E-state index is -0.192. The summed E-state index contributed by atoms with van der Waals surface area (Å²) in [7, 11) is 1.61. The fraction of sp³-hybridized carbons (Fsp3) is 0.278. The van der Waals surface area contributed by atoms with Gasteiger partial charge in [0.25, 0.3) is 0 Å². The summed E-state index contributed by atoms with van der Waals surface area (Å²) in [5, 5.41) is 2.79. The van der Waals surface area contributed by atoms with Crippen LogP contribution in [0.1, 0.15) is 30.8 Å². The summed E-state index contributed by atoms with van der Waals surface area (Å²) in [5.74, 6) is 3.55. The van der Waals surface area contributed by atoms with Gasteiger partial charge in [0.05, 0.1) is 7.11 Å². The van der Waals surface area contributed by atoms with Crippen LogP contribution in [0.4, 0.5) is 5.69 Å². The normalized spacial score (nSPS) is 20.1. The highest BCUT2D eigenvalue weighted by atomic mass is 16.5. The van der Waals surface area contributed by atoms with E-state index >= 15 is 0 Å². The molecule has 1 heterocycles. The number of carbonyl (C=O) groups is 1. The molecular formula is C18H19NO3. The van der Waals surface area contributed by atoms with E-state index in [4.69, 9.17) is 9.15 Å². The van der Waals surface area contributed by atoms with Gasteiger partial charge in [0.1, 0.15) is 17.3 Å². The fourth-order valence-corrected chi connectivity index (χ4v) is 2.39. The highest BCUT2D eigenvalue weighted by Crippen LogP contribution is 2.47. The Morgan fingerprint density at radius 3 is 2.64 bits per heavy atom. The zero-order chi connectivity index (χ0) is 15.5. The number of carbonyl (C=O) groups excluding carboxylic acids is 1. The number of benzene rings is 1. The van der Waals surface area contributed by atoms with E-state index in [1.54, 1.807) is 37.5 Å². The first-order valence-corrected chi connectivity index (χ1v) is 7.38. The summed E-state index contributed by atoms with van der Waals surface area (Å²) < 4.78 is 10.8. The molecular weight excluding hydrogens is 278 g/mol. The molecule has 2 aromatic rings. The number of methoxy groups -OCH3 is 1. The van der Waals surface area contributed by atoms with Crippen molar-refractivity contribution in [2.75, 3.05) is 12.4 Å². The number of amides is 1. The number of ether oxygens (including phenoxy) is 1. The van der Waals surface area contributed by atoms with Crippen molar-refractivity contribution in [3.63, 3.8) is 0 Å². The number of rotatable bonds is 5. The number of hydrogen-bond acceptors (Lipinski definition) is 3. The molecule has 114 valence electrons. The molecule has 1 saturated carbocycles. The predicted molar refractivity (Wildman–Crippen MR) is 85.9 cm³/mol. The van der Waals surface area contributed by atoms with Crippen LogP contribution in [0.3, 0.4) is 0 Å². The monoisotopic (exact) mass is 297 g/mol. The molecule has 0 spiro atoms. The summed E-state index contributed by atoms with van der Waals surface area (Å²) in [4.78, 5) is 11.9. The number of hydrogen-bond donors (Lipinski definition) is 1. The zero-order valence-electron chi connectivity index (χ0n) is 12.7. The van der Waals surface area contributed by atoms with Gasteiger partial charge >= 0.3 is 0 Å². The minimum Gasteiger partial charge on any atom is -0.497 e. The van der Waals surface area contributed by atoms with Gasteiger partial charge in [0.15, 0.2) is 0 Å². The van der Waals surface area contributed by atoms with Crippen LogP contribution in [0.15, 0.2) is 46.9 Å². The number of anilines is 1. The first-order chi connectivity index (χ1) is 10.7. The van der Waals surface area contributed by atoms with Crippen LogP contribution in [0.25, 0.3) is 6.08 Å². The highest BCUT2D eigenvalue weighted by Gasteiger charge is 2.36. The van der Waals surface area contributed by atoms with E-state index in [9.17, 15) is 4.79 Å². The molecule has 0 saturated heterocycles. The average molecular weight is 297 g/mol. The molecule has 0 bridgehead atoms. The van der Waals surface area contributed by atoms with E-state index < -0.39 is 0 Å². The van der Waals surface area contributed by atoms with E-state index in [2.05, 4.69) is 12.2 Å². The van der Waals surface area contributed by atoms with Gasteiger partial charge in [-0.05, 0) is 54.8 Å². The van der Waals surface area contributed by atoms with Crippen LogP contribution in [0.5, 0.6) is 5.75 Å². The lowest BCUT2D eigenvalue weighted by atomic mass is 10.3. The lowest BCUT2D eigenvalue weighted by Gasteiger charge is -2.03. The SMILES string of the molecule is COc1ccc(NC(=O)/C=C/c2ccc([C@H]3C[C@@H]3C)o2)cc1. The third-order valence-corrected chi connectivity index (χ3v) is 3.88. The van der Waals surface area contributed by atoms with E-state index in [0.29, 0.717) is 17.6 Å². The molecule has 1 fully saturated rings. The van der Waals surface area contributed by atoms with Crippen LogP contribution in [-0.2, 0) is 4.79 Å². The van der Waals surface area contributed by atoms with E-state index in [1.807, 2.05) is 12.1 Å². The van der Waals surface area contributed by atoms with Crippen LogP contribution in [0, 0.1) is 5.92 Å². The molecule has 1 N–H and O–H groups in total. The second kappa shape index (κ2) is 6.10. The van der Waals surface area contributed by atoms with Crippen molar-refractivity contribution in [1.29, 1.82) is 0 Å².